The first kappa shape index (κ1) is 35.2. The van der Waals surface area contributed by atoms with Gasteiger partial charge in [-0.05, 0) is 0 Å². The molecule has 5 heterocycles. The van der Waals surface area contributed by atoms with Crippen LogP contribution in [0.3, 0.4) is 0 Å². The monoisotopic (exact) mass is 857 g/mol. The quantitative estimate of drug-likeness (QED) is 0.165. The van der Waals surface area contributed by atoms with Crippen LogP contribution in [0, 0.1) is 0 Å². The maximum atomic E-state index is 7.34. The van der Waals surface area contributed by atoms with E-state index in [9.17, 15) is 0 Å². The maximum absolute atomic E-state index is 7.34. The molecule has 2 atom stereocenters. The molecule has 61 heavy (non-hydrogen) atoms. The summed E-state index contributed by atoms with van der Waals surface area (Å²) in [6, 6.07) is 47.7. The number of fused-ring (bicyclic) bond motifs is 13. The summed E-state index contributed by atoms with van der Waals surface area (Å²) >= 11 is 0.108. The Labute approximate surface area is 364 Å². The number of hydrogen-bond donors (Lipinski definition) is 0. The molecule has 1 fully saturated rings. The average molecular weight is 857 g/mol. The molecule has 0 amide bonds. The molecule has 1 saturated carbocycles. The summed E-state index contributed by atoms with van der Waals surface area (Å²) in [5.74, 6) is 2.64. The van der Waals surface area contributed by atoms with E-state index in [0.29, 0.717) is 12.0 Å². The molecule has 4 nitrogen and oxygen atoms in total. The predicted molar refractivity (Wildman–Crippen MR) is 254 cm³/mol. The molecular weight excluding hydrogens is 808 g/mol. The molecule has 0 spiro atoms. The van der Waals surface area contributed by atoms with Crippen molar-refractivity contribution in [1.29, 1.82) is 0 Å². The van der Waals surface area contributed by atoms with Gasteiger partial charge in [-0.25, -0.2) is 0 Å². The Hall–Kier alpha value is -5.42. The second kappa shape index (κ2) is 13.5. The van der Waals surface area contributed by atoms with Crippen LogP contribution in [0.25, 0.3) is 33.2 Å². The third-order valence-corrected chi connectivity index (χ3v) is 17.9. The molecule has 0 saturated heterocycles. The molecule has 6 aromatic carbocycles. The van der Waals surface area contributed by atoms with Gasteiger partial charge in [0.05, 0.1) is 0 Å². The van der Waals surface area contributed by atoms with Crippen molar-refractivity contribution in [2.24, 2.45) is 0 Å². The summed E-state index contributed by atoms with van der Waals surface area (Å²) in [4.78, 5) is 2.74. The molecule has 3 aliphatic carbocycles. The van der Waals surface area contributed by atoms with Gasteiger partial charge in [-0.1, -0.05) is 0 Å². The van der Waals surface area contributed by atoms with E-state index in [1.54, 1.807) is 16.7 Å². The van der Waals surface area contributed by atoms with Crippen LogP contribution in [0.1, 0.15) is 91.8 Å². The molecule has 6 heteroatoms. The van der Waals surface area contributed by atoms with Crippen LogP contribution in [-0.4, -0.2) is 36.8 Å². The van der Waals surface area contributed by atoms with Gasteiger partial charge in [-0.2, -0.15) is 0 Å². The fraction of sp³-hybridized carbons (Fsp3) is 0.273. The zero-order valence-corrected chi connectivity index (χ0v) is 36.3. The standard InChI is InChI=1S/C55H48BN3OSe/c1-2-14-37-42-19-8-13-25-50(42)59(49(37)20-3-1)36-31-52-55-54(33-36)61-53-32-35(58-47-23-11-6-17-40(47)41-18-7-12-24-48(41)58)27-29-44(53)56(55)43-28-26-34(30-51(43)60-52)57-45-21-9-4-15-38(45)39-16-5-10-22-46(39)57/h4,6,8-9,11,13,15,17,19,21,23,25-33,37,49H,1-3,5,7,10,12,14,16,18,20,22,24H2. The first-order chi connectivity index (χ1) is 30.3. The van der Waals surface area contributed by atoms with E-state index in [2.05, 4.69) is 135 Å². The van der Waals surface area contributed by atoms with Gasteiger partial charge in [0.15, 0.2) is 0 Å². The van der Waals surface area contributed by atoms with Crippen LogP contribution in [0.15, 0.2) is 121 Å². The minimum absolute atomic E-state index is 0.108. The molecule has 8 aromatic rings. The Morgan fingerprint density at radius 1 is 0.525 bits per heavy atom. The Morgan fingerprint density at radius 3 is 1.92 bits per heavy atom. The van der Waals surface area contributed by atoms with Gasteiger partial charge in [0, 0.05) is 0 Å². The van der Waals surface area contributed by atoms with E-state index in [1.807, 2.05) is 0 Å². The van der Waals surface area contributed by atoms with Crippen LogP contribution in [0.4, 0.5) is 11.4 Å². The van der Waals surface area contributed by atoms with Crippen LogP contribution in [-0.2, 0) is 25.7 Å². The van der Waals surface area contributed by atoms with Gasteiger partial charge >= 0.3 is 367 Å². The van der Waals surface area contributed by atoms with Crippen LogP contribution in [0.5, 0.6) is 11.5 Å². The number of para-hydroxylation sites is 3. The first-order valence-electron chi connectivity index (χ1n) is 23.2. The zero-order chi connectivity index (χ0) is 39.8. The van der Waals surface area contributed by atoms with Gasteiger partial charge in [-0.15, -0.1) is 0 Å². The molecule has 0 radical (unpaired) electrons. The van der Waals surface area contributed by atoms with Crippen LogP contribution in [0.2, 0.25) is 0 Å². The van der Waals surface area contributed by atoms with E-state index in [-0.39, 0.29) is 21.7 Å². The summed E-state index contributed by atoms with van der Waals surface area (Å²) in [6.07, 6.45) is 16.2. The molecule has 0 bridgehead atoms. The number of aromatic nitrogens is 2. The van der Waals surface area contributed by atoms with Crippen molar-refractivity contribution in [2.75, 3.05) is 4.90 Å². The molecular formula is C55H48BN3OSe. The molecule has 2 unspecified atom stereocenters. The number of ether oxygens (including phenoxy) is 1. The summed E-state index contributed by atoms with van der Waals surface area (Å²) < 4.78 is 15.5. The van der Waals surface area contributed by atoms with E-state index in [0.717, 1.165) is 30.8 Å². The van der Waals surface area contributed by atoms with E-state index in [4.69, 9.17) is 4.74 Å². The number of anilines is 2. The van der Waals surface area contributed by atoms with E-state index in [1.165, 1.54) is 145 Å². The molecule has 14 rings (SSSR count). The topological polar surface area (TPSA) is 22.3 Å². The summed E-state index contributed by atoms with van der Waals surface area (Å²) in [5.41, 5.74) is 19.7. The number of rotatable bonds is 3. The number of aryl methyl sites for hydroxylation is 2. The Kier molecular flexibility index (Phi) is 7.82. The molecule has 298 valence electrons. The zero-order valence-electron chi connectivity index (χ0n) is 34.6. The molecule has 2 aromatic heterocycles. The normalized spacial score (nSPS) is 19.6. The first-order valence-corrected chi connectivity index (χ1v) is 24.9. The number of hydrogen-bond acceptors (Lipinski definition) is 2. The van der Waals surface area contributed by atoms with Crippen molar-refractivity contribution >= 4 is 80.2 Å². The van der Waals surface area contributed by atoms with Crippen molar-refractivity contribution in [1.82, 2.24) is 9.13 Å². The second-order valence-electron chi connectivity index (χ2n) is 18.6. The van der Waals surface area contributed by atoms with Crippen molar-refractivity contribution < 1.29 is 4.74 Å². The van der Waals surface area contributed by atoms with Crippen molar-refractivity contribution in [3.8, 4) is 22.9 Å². The third-order valence-electron chi connectivity index (χ3n) is 15.5. The molecule has 3 aliphatic heterocycles. The number of benzene rings is 6. The van der Waals surface area contributed by atoms with Crippen molar-refractivity contribution in [2.45, 2.75) is 95.4 Å². The summed E-state index contributed by atoms with van der Waals surface area (Å²) in [7, 11) is 0. The molecule has 6 aliphatic rings. The Balaban J connectivity index is 0.968. The van der Waals surface area contributed by atoms with Gasteiger partial charge < -0.3 is 0 Å². The van der Waals surface area contributed by atoms with Gasteiger partial charge in [0.2, 0.25) is 0 Å². The predicted octanol–water partition coefficient (Wildman–Crippen LogP) is 9.49. The second-order valence-corrected chi connectivity index (χ2v) is 20.9. The van der Waals surface area contributed by atoms with Gasteiger partial charge in [0.1, 0.15) is 0 Å². The summed E-state index contributed by atoms with van der Waals surface area (Å²) in [5, 5.41) is 2.85. The SMILES string of the molecule is c1ccc2c(c1)C1CCCCCC1N2c1cc2c3c(c1)[Se]c1cc(-n4c5c(c6ccccc64)CCCC5)ccc1B3c1ccc(-n3c4c(c5ccccc53)CCCC4)cc1O2. The fourth-order valence-electron chi connectivity index (χ4n) is 12.9. The Morgan fingerprint density at radius 2 is 1.15 bits per heavy atom. The fourth-order valence-corrected chi connectivity index (χ4v) is 15.5. The van der Waals surface area contributed by atoms with Crippen LogP contribution >= 0.6 is 0 Å². The Bertz CT molecular complexity index is 2970. The summed E-state index contributed by atoms with van der Waals surface area (Å²) in [6.45, 7) is 0.124. The average Bonchev–Trinajstić information content (AvgIpc) is 3.86. The van der Waals surface area contributed by atoms with Crippen molar-refractivity contribution in [3.05, 3.63) is 149 Å². The molecule has 0 N–H and O–H groups in total. The van der Waals surface area contributed by atoms with Gasteiger partial charge in [0.25, 0.3) is 0 Å². The van der Waals surface area contributed by atoms with Crippen LogP contribution < -0.4 is 34.9 Å². The van der Waals surface area contributed by atoms with Crippen molar-refractivity contribution in [3.63, 3.8) is 0 Å². The minimum atomic E-state index is 0.108. The third kappa shape index (κ3) is 5.13. The van der Waals surface area contributed by atoms with Gasteiger partial charge in [-0.3, -0.25) is 0 Å². The van der Waals surface area contributed by atoms with E-state index >= 15 is 0 Å². The van der Waals surface area contributed by atoms with E-state index < -0.39 is 0 Å². The number of nitrogens with zero attached hydrogens (tertiary/aromatic N) is 3.